The van der Waals surface area contributed by atoms with Crippen LogP contribution in [0.2, 0.25) is 0 Å². The van der Waals surface area contributed by atoms with Crippen molar-refractivity contribution in [2.45, 2.75) is 13.8 Å². The summed E-state index contributed by atoms with van der Waals surface area (Å²) in [5.41, 5.74) is 1.91. The van der Waals surface area contributed by atoms with E-state index in [1.807, 2.05) is 13.8 Å². The van der Waals surface area contributed by atoms with Gasteiger partial charge in [-0.2, -0.15) is 0 Å². The van der Waals surface area contributed by atoms with Gasteiger partial charge in [-0.05, 0) is 24.9 Å². The maximum Gasteiger partial charge on any atom is 0.488 e. The molecule has 0 saturated heterocycles. The zero-order valence-electron chi connectivity index (χ0n) is 8.23. The summed E-state index contributed by atoms with van der Waals surface area (Å²) in [6.45, 7) is 3.62. The minimum absolute atomic E-state index is 0.226. The minimum atomic E-state index is -1.46. The Morgan fingerprint density at radius 2 is 1.57 bits per heavy atom. The third-order valence-corrected chi connectivity index (χ3v) is 1.96. The predicted molar refractivity (Wildman–Crippen MR) is 57.2 cm³/mol. The van der Waals surface area contributed by atoms with E-state index in [4.69, 9.17) is 10.0 Å². The molecule has 3 nitrogen and oxygen atoms in total. The van der Waals surface area contributed by atoms with Crippen LogP contribution >= 0.6 is 0 Å². The molecule has 1 rings (SSSR count). The monoisotopic (exact) mass is 192 g/mol. The fraction of sp³-hybridized carbons (Fsp3) is 0.200. The maximum absolute atomic E-state index is 9.58. The standard InChI is InChI=1S/C10H13BO3/c1-7(2)10(12)8-3-5-9(6-4-8)11(13)14/h3-6,12-14H,1-2H3. The number of hydrogen-bond donors (Lipinski definition) is 3. The van der Waals surface area contributed by atoms with E-state index in [0.717, 1.165) is 5.57 Å². The second kappa shape index (κ2) is 4.31. The zero-order valence-corrected chi connectivity index (χ0v) is 8.23. The molecule has 4 heteroatoms. The van der Waals surface area contributed by atoms with Crippen molar-refractivity contribution in [3.63, 3.8) is 0 Å². The topological polar surface area (TPSA) is 60.7 Å². The summed E-state index contributed by atoms with van der Waals surface area (Å²) < 4.78 is 0. The highest BCUT2D eigenvalue weighted by atomic mass is 16.4. The molecule has 0 fully saturated rings. The fourth-order valence-corrected chi connectivity index (χ4v) is 1.10. The lowest BCUT2D eigenvalue weighted by Crippen LogP contribution is -2.29. The molecule has 0 unspecified atom stereocenters. The van der Waals surface area contributed by atoms with E-state index >= 15 is 0 Å². The second-order valence-corrected chi connectivity index (χ2v) is 3.34. The molecule has 1 aromatic carbocycles. The fourth-order valence-electron chi connectivity index (χ4n) is 1.10. The third-order valence-electron chi connectivity index (χ3n) is 1.96. The van der Waals surface area contributed by atoms with Gasteiger partial charge in [0.2, 0.25) is 0 Å². The summed E-state index contributed by atoms with van der Waals surface area (Å²) in [5.74, 6) is 0.226. The molecule has 0 aliphatic heterocycles. The molecule has 0 aromatic heterocycles. The predicted octanol–water partition coefficient (Wildman–Crippen LogP) is 0.675. The first-order chi connectivity index (χ1) is 6.52. The SMILES string of the molecule is CC(C)=C(O)c1ccc(B(O)O)cc1. The second-order valence-electron chi connectivity index (χ2n) is 3.34. The van der Waals surface area contributed by atoms with Gasteiger partial charge in [0.05, 0.1) is 0 Å². The van der Waals surface area contributed by atoms with E-state index in [1.54, 1.807) is 24.3 Å². The Morgan fingerprint density at radius 1 is 1.07 bits per heavy atom. The van der Waals surface area contributed by atoms with Crippen molar-refractivity contribution in [3.8, 4) is 0 Å². The summed E-state index contributed by atoms with van der Waals surface area (Å²) in [4.78, 5) is 0. The van der Waals surface area contributed by atoms with Crippen LogP contribution in [0, 0.1) is 0 Å². The Morgan fingerprint density at radius 3 is 1.93 bits per heavy atom. The molecule has 0 bridgehead atoms. The number of allylic oxidation sites excluding steroid dienone is 1. The maximum atomic E-state index is 9.58. The molecule has 0 heterocycles. The van der Waals surface area contributed by atoms with Gasteiger partial charge in [-0.25, -0.2) is 0 Å². The lowest BCUT2D eigenvalue weighted by atomic mass is 9.80. The van der Waals surface area contributed by atoms with Gasteiger partial charge in [-0.3, -0.25) is 0 Å². The Bertz CT molecular complexity index is 337. The van der Waals surface area contributed by atoms with Crippen molar-refractivity contribution < 1.29 is 15.2 Å². The highest BCUT2D eigenvalue weighted by molar-refractivity contribution is 6.58. The highest BCUT2D eigenvalue weighted by Crippen LogP contribution is 2.13. The van der Waals surface area contributed by atoms with E-state index in [0.29, 0.717) is 11.0 Å². The molecule has 0 spiro atoms. The van der Waals surface area contributed by atoms with E-state index in [2.05, 4.69) is 0 Å². The first-order valence-corrected chi connectivity index (χ1v) is 4.35. The number of benzene rings is 1. The largest absolute Gasteiger partial charge is 0.507 e. The quantitative estimate of drug-likeness (QED) is 0.476. The average molecular weight is 192 g/mol. The van der Waals surface area contributed by atoms with Crippen molar-refractivity contribution in [2.75, 3.05) is 0 Å². The molecule has 0 radical (unpaired) electrons. The molecule has 0 atom stereocenters. The smallest absolute Gasteiger partial charge is 0.488 e. The molecule has 1 aromatic rings. The van der Waals surface area contributed by atoms with Crippen LogP contribution in [0.3, 0.4) is 0 Å². The van der Waals surface area contributed by atoms with Crippen LogP contribution in [0.25, 0.3) is 5.76 Å². The average Bonchev–Trinajstić information content (AvgIpc) is 2.16. The van der Waals surface area contributed by atoms with Crippen LogP contribution in [-0.4, -0.2) is 22.3 Å². The molecule has 74 valence electrons. The minimum Gasteiger partial charge on any atom is -0.507 e. The van der Waals surface area contributed by atoms with Crippen LogP contribution in [0.5, 0.6) is 0 Å². The highest BCUT2D eigenvalue weighted by Gasteiger charge is 2.10. The summed E-state index contributed by atoms with van der Waals surface area (Å²) in [6.07, 6.45) is 0. The van der Waals surface area contributed by atoms with E-state index in [-0.39, 0.29) is 5.76 Å². The zero-order chi connectivity index (χ0) is 10.7. The van der Waals surface area contributed by atoms with Gasteiger partial charge in [-0.15, -0.1) is 0 Å². The summed E-state index contributed by atoms with van der Waals surface area (Å²) in [7, 11) is -1.46. The van der Waals surface area contributed by atoms with Gasteiger partial charge in [0.25, 0.3) is 0 Å². The van der Waals surface area contributed by atoms with Gasteiger partial charge in [0.15, 0.2) is 0 Å². The first-order valence-electron chi connectivity index (χ1n) is 4.35. The summed E-state index contributed by atoms with van der Waals surface area (Å²) in [6, 6.07) is 6.44. The molecular formula is C10H13BO3. The van der Waals surface area contributed by atoms with Gasteiger partial charge < -0.3 is 15.2 Å². The molecule has 0 aliphatic carbocycles. The van der Waals surface area contributed by atoms with Crippen molar-refractivity contribution in [1.29, 1.82) is 0 Å². The molecule has 0 saturated carbocycles. The lowest BCUT2D eigenvalue weighted by molar-refractivity contribution is 0.425. The van der Waals surface area contributed by atoms with Crippen LogP contribution in [0.15, 0.2) is 29.8 Å². The Balaban J connectivity index is 3.00. The first kappa shape index (κ1) is 10.8. The molecular weight excluding hydrogens is 179 g/mol. The van der Waals surface area contributed by atoms with Crippen LogP contribution in [-0.2, 0) is 0 Å². The number of hydrogen-bond acceptors (Lipinski definition) is 3. The van der Waals surface area contributed by atoms with Gasteiger partial charge in [-0.1, -0.05) is 24.3 Å². The van der Waals surface area contributed by atoms with Crippen molar-refractivity contribution in [1.82, 2.24) is 0 Å². The third kappa shape index (κ3) is 2.37. The number of rotatable bonds is 2. The lowest BCUT2D eigenvalue weighted by Gasteiger charge is -2.04. The number of aliphatic hydroxyl groups is 1. The van der Waals surface area contributed by atoms with Crippen molar-refractivity contribution >= 4 is 18.3 Å². The van der Waals surface area contributed by atoms with Crippen molar-refractivity contribution in [2.24, 2.45) is 0 Å². The van der Waals surface area contributed by atoms with E-state index in [9.17, 15) is 5.11 Å². The van der Waals surface area contributed by atoms with Crippen LogP contribution in [0.4, 0.5) is 0 Å². The van der Waals surface area contributed by atoms with Crippen LogP contribution in [0.1, 0.15) is 19.4 Å². The van der Waals surface area contributed by atoms with Gasteiger partial charge >= 0.3 is 7.12 Å². The van der Waals surface area contributed by atoms with Crippen molar-refractivity contribution in [3.05, 3.63) is 35.4 Å². The molecule has 0 amide bonds. The molecule has 3 N–H and O–H groups in total. The molecule has 0 aliphatic rings. The molecule has 14 heavy (non-hydrogen) atoms. The normalized spacial score (nSPS) is 9.71. The Labute approximate surface area is 83.5 Å². The Hall–Kier alpha value is -1.26. The van der Waals surface area contributed by atoms with E-state index < -0.39 is 7.12 Å². The number of aliphatic hydroxyl groups excluding tert-OH is 1. The van der Waals surface area contributed by atoms with E-state index in [1.165, 1.54) is 0 Å². The van der Waals surface area contributed by atoms with Gasteiger partial charge in [0, 0.05) is 5.56 Å². The summed E-state index contributed by atoms with van der Waals surface area (Å²) >= 11 is 0. The van der Waals surface area contributed by atoms with Crippen LogP contribution < -0.4 is 5.46 Å². The Kier molecular flexibility index (Phi) is 3.33. The summed E-state index contributed by atoms with van der Waals surface area (Å²) in [5, 5.41) is 27.3. The van der Waals surface area contributed by atoms with Gasteiger partial charge in [0.1, 0.15) is 5.76 Å².